The van der Waals surface area contributed by atoms with Gasteiger partial charge in [-0.3, -0.25) is 0 Å². The summed E-state index contributed by atoms with van der Waals surface area (Å²) < 4.78 is 0. The van der Waals surface area contributed by atoms with Crippen LogP contribution in [-0.4, -0.2) is 15.2 Å². The summed E-state index contributed by atoms with van der Waals surface area (Å²) in [4.78, 5) is 0.414. The van der Waals surface area contributed by atoms with Gasteiger partial charge < -0.3 is 5.73 Å². The lowest BCUT2D eigenvalue weighted by atomic mass is 9.94. The Labute approximate surface area is 112 Å². The molecule has 92 valence electrons. The third-order valence-electron chi connectivity index (χ3n) is 2.81. The highest BCUT2D eigenvalue weighted by Crippen LogP contribution is 2.23. The van der Waals surface area contributed by atoms with Crippen molar-refractivity contribution in [3.05, 3.63) is 58.9 Å². The van der Waals surface area contributed by atoms with E-state index in [0.717, 1.165) is 17.0 Å². The fraction of sp³-hybridized carbons (Fsp3) is 0.214. The molecule has 3 nitrogen and oxygen atoms in total. The van der Waals surface area contributed by atoms with Crippen molar-refractivity contribution in [1.29, 1.82) is 0 Å². The highest BCUT2D eigenvalue weighted by Gasteiger charge is 2.18. The molecule has 1 aromatic heterocycles. The first-order chi connectivity index (χ1) is 8.58. The normalized spacial score (nSPS) is 12.1. The maximum absolute atomic E-state index is 5.84. The van der Waals surface area contributed by atoms with Crippen LogP contribution in [0.4, 0.5) is 0 Å². The number of benzene rings is 1. The van der Waals surface area contributed by atoms with Crippen molar-refractivity contribution >= 4 is 17.2 Å². The van der Waals surface area contributed by atoms with E-state index in [1.807, 2.05) is 50.2 Å². The number of aryl methyl sites for hydroxylation is 2. The minimum atomic E-state index is -0.173. The van der Waals surface area contributed by atoms with Gasteiger partial charge in [0, 0.05) is 0 Å². The van der Waals surface area contributed by atoms with Crippen LogP contribution < -0.4 is 5.73 Å². The molecule has 1 heterocycles. The standard InChI is InChI=1S/C14H15N3S/c1-9-3-6-11(7-4-9)13(14(15)18)12-8-5-10(2)16-17-12/h3-8,13H,1-2H3,(H2,15,18). The van der Waals surface area contributed by atoms with Crippen molar-refractivity contribution < 1.29 is 0 Å². The molecule has 0 radical (unpaired) electrons. The van der Waals surface area contributed by atoms with E-state index in [1.54, 1.807) is 0 Å². The first kappa shape index (κ1) is 12.6. The molecular formula is C14H15N3S. The minimum absolute atomic E-state index is 0.173. The molecule has 0 saturated carbocycles. The Morgan fingerprint density at radius 3 is 2.22 bits per heavy atom. The smallest absolute Gasteiger partial charge is 0.0864 e. The molecule has 0 spiro atoms. The zero-order valence-corrected chi connectivity index (χ0v) is 11.2. The Balaban J connectivity index is 2.43. The van der Waals surface area contributed by atoms with Crippen molar-refractivity contribution in [3.63, 3.8) is 0 Å². The zero-order valence-electron chi connectivity index (χ0n) is 10.4. The molecule has 1 atom stereocenters. The van der Waals surface area contributed by atoms with Crippen LogP contribution in [-0.2, 0) is 0 Å². The van der Waals surface area contributed by atoms with Gasteiger partial charge in [0.25, 0.3) is 0 Å². The van der Waals surface area contributed by atoms with E-state index in [4.69, 9.17) is 18.0 Å². The molecule has 0 aliphatic heterocycles. The van der Waals surface area contributed by atoms with Crippen LogP contribution >= 0.6 is 12.2 Å². The molecule has 2 rings (SSSR count). The number of hydrogen-bond acceptors (Lipinski definition) is 3. The summed E-state index contributed by atoms with van der Waals surface area (Å²) in [6, 6.07) is 12.0. The predicted molar refractivity (Wildman–Crippen MR) is 76.6 cm³/mol. The monoisotopic (exact) mass is 257 g/mol. The molecule has 2 aromatic rings. The summed E-state index contributed by atoms with van der Waals surface area (Å²) in [6.07, 6.45) is 0. The molecule has 0 fully saturated rings. The fourth-order valence-electron chi connectivity index (χ4n) is 1.80. The Morgan fingerprint density at radius 2 is 1.72 bits per heavy atom. The van der Waals surface area contributed by atoms with Crippen molar-refractivity contribution in [2.45, 2.75) is 19.8 Å². The molecule has 1 unspecified atom stereocenters. The second kappa shape index (κ2) is 5.23. The molecule has 0 bridgehead atoms. The van der Waals surface area contributed by atoms with Gasteiger partial charge in [0.2, 0.25) is 0 Å². The quantitative estimate of drug-likeness (QED) is 0.858. The van der Waals surface area contributed by atoms with E-state index in [0.29, 0.717) is 4.99 Å². The van der Waals surface area contributed by atoms with E-state index < -0.39 is 0 Å². The first-order valence-electron chi connectivity index (χ1n) is 5.74. The van der Waals surface area contributed by atoms with E-state index in [9.17, 15) is 0 Å². The number of nitrogens with zero attached hydrogens (tertiary/aromatic N) is 2. The van der Waals surface area contributed by atoms with Gasteiger partial charge in [-0.25, -0.2) is 0 Å². The molecule has 0 aliphatic rings. The van der Waals surface area contributed by atoms with E-state index in [1.165, 1.54) is 5.56 Å². The maximum Gasteiger partial charge on any atom is 0.0864 e. The number of thiocarbonyl (C=S) groups is 1. The number of aromatic nitrogens is 2. The highest BCUT2D eigenvalue weighted by molar-refractivity contribution is 7.80. The van der Waals surface area contributed by atoms with Crippen molar-refractivity contribution in [3.8, 4) is 0 Å². The van der Waals surface area contributed by atoms with Crippen LogP contribution in [0.1, 0.15) is 28.4 Å². The lowest BCUT2D eigenvalue weighted by Crippen LogP contribution is -2.21. The van der Waals surface area contributed by atoms with Crippen LogP contribution in [0.2, 0.25) is 0 Å². The van der Waals surface area contributed by atoms with Crippen LogP contribution in [0.15, 0.2) is 36.4 Å². The van der Waals surface area contributed by atoms with E-state index in [-0.39, 0.29) is 5.92 Å². The van der Waals surface area contributed by atoms with Gasteiger partial charge in [-0.2, -0.15) is 10.2 Å². The molecule has 18 heavy (non-hydrogen) atoms. The van der Waals surface area contributed by atoms with Crippen molar-refractivity contribution in [1.82, 2.24) is 10.2 Å². The molecule has 0 aliphatic carbocycles. The third-order valence-corrected chi connectivity index (χ3v) is 3.05. The second-order valence-corrected chi connectivity index (χ2v) is 4.82. The lowest BCUT2D eigenvalue weighted by molar-refractivity contribution is 0.879. The van der Waals surface area contributed by atoms with Gasteiger partial charge >= 0.3 is 0 Å². The zero-order chi connectivity index (χ0) is 13.1. The van der Waals surface area contributed by atoms with Gasteiger partial charge in [0.05, 0.1) is 22.3 Å². The summed E-state index contributed by atoms with van der Waals surface area (Å²) in [5, 5.41) is 8.24. The Morgan fingerprint density at radius 1 is 1.06 bits per heavy atom. The largest absolute Gasteiger partial charge is 0.392 e. The second-order valence-electron chi connectivity index (χ2n) is 4.35. The average Bonchev–Trinajstić information content (AvgIpc) is 2.34. The molecule has 0 amide bonds. The minimum Gasteiger partial charge on any atom is -0.392 e. The fourth-order valence-corrected chi connectivity index (χ4v) is 2.06. The van der Waals surface area contributed by atoms with Crippen LogP contribution in [0.5, 0.6) is 0 Å². The van der Waals surface area contributed by atoms with Crippen molar-refractivity contribution in [2.75, 3.05) is 0 Å². The SMILES string of the molecule is Cc1ccc(C(C(N)=S)c2ccc(C)nn2)cc1. The van der Waals surface area contributed by atoms with E-state index >= 15 is 0 Å². The summed E-state index contributed by atoms with van der Waals surface area (Å²) >= 11 is 5.16. The van der Waals surface area contributed by atoms with Gasteiger partial charge in [-0.1, -0.05) is 42.0 Å². The lowest BCUT2D eigenvalue weighted by Gasteiger charge is -2.15. The van der Waals surface area contributed by atoms with Crippen LogP contribution in [0, 0.1) is 13.8 Å². The maximum atomic E-state index is 5.84. The van der Waals surface area contributed by atoms with Gasteiger partial charge in [0.1, 0.15) is 0 Å². The number of rotatable bonds is 3. The summed E-state index contributed by atoms with van der Waals surface area (Å²) in [6.45, 7) is 3.95. The number of nitrogens with two attached hydrogens (primary N) is 1. The van der Waals surface area contributed by atoms with Gasteiger partial charge in [-0.05, 0) is 31.5 Å². The Bertz CT molecular complexity index is 501. The molecule has 0 saturated heterocycles. The van der Waals surface area contributed by atoms with Crippen LogP contribution in [0.25, 0.3) is 0 Å². The topological polar surface area (TPSA) is 51.8 Å². The predicted octanol–water partition coefficient (Wildman–Crippen LogP) is 2.51. The molecule has 1 aromatic carbocycles. The highest BCUT2D eigenvalue weighted by atomic mass is 32.1. The average molecular weight is 257 g/mol. The Hall–Kier alpha value is -1.81. The third kappa shape index (κ3) is 2.71. The van der Waals surface area contributed by atoms with E-state index in [2.05, 4.69) is 10.2 Å². The summed E-state index contributed by atoms with van der Waals surface area (Å²) in [5.74, 6) is -0.173. The molecule has 4 heteroatoms. The Kier molecular flexibility index (Phi) is 3.67. The summed E-state index contributed by atoms with van der Waals surface area (Å²) in [5.41, 5.74) is 9.76. The van der Waals surface area contributed by atoms with Crippen molar-refractivity contribution in [2.24, 2.45) is 5.73 Å². The van der Waals surface area contributed by atoms with Gasteiger partial charge in [-0.15, -0.1) is 0 Å². The van der Waals surface area contributed by atoms with Gasteiger partial charge in [0.15, 0.2) is 0 Å². The summed E-state index contributed by atoms with van der Waals surface area (Å²) in [7, 11) is 0. The molecule has 2 N–H and O–H groups in total. The first-order valence-corrected chi connectivity index (χ1v) is 6.15. The molecular weight excluding hydrogens is 242 g/mol. The van der Waals surface area contributed by atoms with Crippen LogP contribution in [0.3, 0.4) is 0 Å². The number of hydrogen-bond donors (Lipinski definition) is 1.